The second kappa shape index (κ2) is 9.53. The minimum absolute atomic E-state index is 0.0846. The summed E-state index contributed by atoms with van der Waals surface area (Å²) in [6, 6.07) is 10.5. The van der Waals surface area contributed by atoms with Crippen molar-refractivity contribution in [3.05, 3.63) is 47.6 Å². The van der Waals surface area contributed by atoms with Crippen LogP contribution in [0.3, 0.4) is 0 Å². The number of nitrogens with one attached hydrogen (secondary N) is 1. The predicted molar refractivity (Wildman–Crippen MR) is 111 cm³/mol. The number of carbonyl (C=O) groups excluding carboxylic acids is 1. The lowest BCUT2D eigenvalue weighted by Crippen LogP contribution is -2.37. The standard InChI is InChI=1S/C23H32N4O2/c1-17-24-23(26-29-17)20-10-13-27(14-11-20)15-12-21(19-8-3-2-4-9-19)25-22(28)16-18-6-5-7-18/h2-4,8-9,18,20-21H,5-7,10-16H2,1H3,(H,25,28). The zero-order valence-corrected chi connectivity index (χ0v) is 17.3. The minimum atomic E-state index is 0.0846. The highest BCUT2D eigenvalue weighted by Gasteiger charge is 2.26. The average Bonchev–Trinajstić information content (AvgIpc) is 3.15. The molecule has 1 saturated heterocycles. The van der Waals surface area contributed by atoms with E-state index in [1.807, 2.05) is 13.0 Å². The fraction of sp³-hybridized carbons (Fsp3) is 0.609. The Labute approximate surface area is 173 Å². The van der Waals surface area contributed by atoms with Crippen molar-refractivity contribution in [2.45, 2.75) is 63.8 Å². The summed E-state index contributed by atoms with van der Waals surface area (Å²) in [7, 11) is 0. The number of benzene rings is 1. The molecule has 0 bridgehead atoms. The van der Waals surface area contributed by atoms with Crippen LogP contribution in [0.4, 0.5) is 0 Å². The molecule has 4 rings (SSSR count). The molecule has 156 valence electrons. The Hall–Kier alpha value is -2.21. The van der Waals surface area contributed by atoms with Gasteiger partial charge in [-0.05, 0) is 56.7 Å². The van der Waals surface area contributed by atoms with Crippen LogP contribution < -0.4 is 5.32 Å². The predicted octanol–water partition coefficient (Wildman–Crippen LogP) is 4.00. The van der Waals surface area contributed by atoms with Gasteiger partial charge in [0, 0.05) is 25.8 Å². The Morgan fingerprint density at radius 3 is 2.59 bits per heavy atom. The van der Waals surface area contributed by atoms with Gasteiger partial charge in [0.1, 0.15) is 0 Å². The summed E-state index contributed by atoms with van der Waals surface area (Å²) in [5.74, 6) is 2.70. The van der Waals surface area contributed by atoms with Gasteiger partial charge in [-0.3, -0.25) is 4.79 Å². The van der Waals surface area contributed by atoms with E-state index in [0.29, 0.717) is 24.1 Å². The fourth-order valence-electron chi connectivity index (χ4n) is 4.43. The van der Waals surface area contributed by atoms with Crippen LogP contribution in [0.25, 0.3) is 0 Å². The molecule has 1 saturated carbocycles. The number of aryl methyl sites for hydroxylation is 1. The highest BCUT2D eigenvalue weighted by Crippen LogP contribution is 2.30. The molecule has 1 aromatic carbocycles. The molecule has 0 spiro atoms. The number of aromatic nitrogens is 2. The third-order valence-corrected chi connectivity index (χ3v) is 6.47. The first-order valence-corrected chi connectivity index (χ1v) is 11.0. The third-order valence-electron chi connectivity index (χ3n) is 6.47. The van der Waals surface area contributed by atoms with Crippen molar-refractivity contribution in [1.29, 1.82) is 0 Å². The van der Waals surface area contributed by atoms with Gasteiger partial charge in [0.2, 0.25) is 11.8 Å². The summed E-state index contributed by atoms with van der Waals surface area (Å²) in [6.45, 7) is 4.90. The van der Waals surface area contributed by atoms with E-state index in [9.17, 15) is 4.79 Å². The van der Waals surface area contributed by atoms with E-state index in [0.717, 1.165) is 44.7 Å². The van der Waals surface area contributed by atoms with Crippen LogP contribution in [0.1, 0.15) is 74.2 Å². The maximum atomic E-state index is 12.5. The fourth-order valence-corrected chi connectivity index (χ4v) is 4.43. The van der Waals surface area contributed by atoms with Crippen LogP contribution in [-0.2, 0) is 4.79 Å². The largest absolute Gasteiger partial charge is 0.349 e. The quantitative estimate of drug-likeness (QED) is 0.730. The van der Waals surface area contributed by atoms with Gasteiger partial charge in [-0.25, -0.2) is 0 Å². The molecule has 1 unspecified atom stereocenters. The molecular formula is C23H32N4O2. The lowest BCUT2D eigenvalue weighted by atomic mass is 9.83. The number of carbonyl (C=O) groups is 1. The Morgan fingerprint density at radius 2 is 1.97 bits per heavy atom. The van der Waals surface area contributed by atoms with Crippen LogP contribution in [0.5, 0.6) is 0 Å². The first-order chi connectivity index (χ1) is 14.2. The summed E-state index contributed by atoms with van der Waals surface area (Å²) in [6.07, 6.45) is 7.42. The molecule has 1 aliphatic heterocycles. The first-order valence-electron chi connectivity index (χ1n) is 11.0. The van der Waals surface area contributed by atoms with Gasteiger partial charge < -0.3 is 14.7 Å². The second-order valence-electron chi connectivity index (χ2n) is 8.61. The van der Waals surface area contributed by atoms with E-state index in [1.54, 1.807) is 0 Å². The summed E-state index contributed by atoms with van der Waals surface area (Å²) in [5, 5.41) is 7.41. The zero-order valence-electron chi connectivity index (χ0n) is 17.3. The van der Waals surface area contributed by atoms with Crippen LogP contribution in [-0.4, -0.2) is 40.6 Å². The minimum Gasteiger partial charge on any atom is -0.349 e. The van der Waals surface area contributed by atoms with Gasteiger partial charge in [-0.15, -0.1) is 0 Å². The molecule has 2 aromatic rings. The van der Waals surface area contributed by atoms with Gasteiger partial charge in [-0.2, -0.15) is 4.98 Å². The van der Waals surface area contributed by atoms with Crippen LogP contribution in [0.2, 0.25) is 0 Å². The third kappa shape index (κ3) is 5.44. The number of nitrogens with zero attached hydrogens (tertiary/aromatic N) is 3. The summed E-state index contributed by atoms with van der Waals surface area (Å²) in [4.78, 5) is 19.4. The molecular weight excluding hydrogens is 364 g/mol. The molecule has 6 nitrogen and oxygen atoms in total. The van der Waals surface area contributed by atoms with E-state index in [1.165, 1.54) is 24.8 Å². The highest BCUT2D eigenvalue weighted by atomic mass is 16.5. The summed E-state index contributed by atoms with van der Waals surface area (Å²) in [5.41, 5.74) is 1.20. The van der Waals surface area contributed by atoms with Crippen molar-refractivity contribution < 1.29 is 9.32 Å². The van der Waals surface area contributed by atoms with E-state index >= 15 is 0 Å². The Balaban J connectivity index is 1.29. The lowest BCUT2D eigenvalue weighted by molar-refractivity contribution is -0.123. The maximum absolute atomic E-state index is 12.5. The van der Waals surface area contributed by atoms with Gasteiger partial charge in [0.05, 0.1) is 6.04 Å². The van der Waals surface area contributed by atoms with Crippen LogP contribution in [0, 0.1) is 12.8 Å². The number of rotatable bonds is 8. The van der Waals surface area contributed by atoms with Crippen molar-refractivity contribution in [3.63, 3.8) is 0 Å². The topological polar surface area (TPSA) is 71.3 Å². The number of hydrogen-bond donors (Lipinski definition) is 1. The Bertz CT molecular complexity index is 779. The molecule has 1 atom stereocenters. The smallest absolute Gasteiger partial charge is 0.223 e. The summed E-state index contributed by atoms with van der Waals surface area (Å²) < 4.78 is 5.13. The Kier molecular flexibility index (Phi) is 6.60. The normalized spacial score (nSPS) is 19.6. The maximum Gasteiger partial charge on any atom is 0.223 e. The molecule has 1 aromatic heterocycles. The molecule has 1 aliphatic carbocycles. The number of piperidine rings is 1. The molecule has 1 amide bonds. The molecule has 1 N–H and O–H groups in total. The molecule has 2 aliphatic rings. The average molecular weight is 397 g/mol. The lowest BCUT2D eigenvalue weighted by Gasteiger charge is -2.32. The number of likely N-dealkylation sites (tertiary alicyclic amines) is 1. The van der Waals surface area contributed by atoms with E-state index in [2.05, 4.69) is 44.6 Å². The molecule has 29 heavy (non-hydrogen) atoms. The second-order valence-corrected chi connectivity index (χ2v) is 8.61. The number of hydrogen-bond acceptors (Lipinski definition) is 5. The summed E-state index contributed by atoms with van der Waals surface area (Å²) >= 11 is 0. The van der Waals surface area contributed by atoms with Crippen molar-refractivity contribution in [2.75, 3.05) is 19.6 Å². The Morgan fingerprint density at radius 1 is 1.21 bits per heavy atom. The van der Waals surface area contributed by atoms with E-state index < -0.39 is 0 Å². The van der Waals surface area contributed by atoms with Crippen LogP contribution in [0.15, 0.2) is 34.9 Å². The van der Waals surface area contributed by atoms with Crippen molar-refractivity contribution in [1.82, 2.24) is 20.4 Å². The van der Waals surface area contributed by atoms with Gasteiger partial charge in [0.15, 0.2) is 5.82 Å². The SMILES string of the molecule is Cc1nc(C2CCN(CCC(NC(=O)CC3CCC3)c3ccccc3)CC2)no1. The first kappa shape index (κ1) is 20.1. The van der Waals surface area contributed by atoms with E-state index in [4.69, 9.17) is 4.52 Å². The van der Waals surface area contributed by atoms with Gasteiger partial charge >= 0.3 is 0 Å². The molecule has 2 fully saturated rings. The molecule has 0 radical (unpaired) electrons. The highest BCUT2D eigenvalue weighted by molar-refractivity contribution is 5.76. The monoisotopic (exact) mass is 396 g/mol. The van der Waals surface area contributed by atoms with Crippen molar-refractivity contribution in [2.24, 2.45) is 5.92 Å². The van der Waals surface area contributed by atoms with Crippen molar-refractivity contribution in [3.8, 4) is 0 Å². The number of amides is 1. The molecule has 6 heteroatoms. The van der Waals surface area contributed by atoms with Gasteiger partial charge in [-0.1, -0.05) is 41.9 Å². The van der Waals surface area contributed by atoms with Crippen molar-refractivity contribution >= 4 is 5.91 Å². The van der Waals surface area contributed by atoms with Gasteiger partial charge in [0.25, 0.3) is 0 Å². The molecule has 2 heterocycles. The van der Waals surface area contributed by atoms with E-state index in [-0.39, 0.29) is 11.9 Å². The zero-order chi connectivity index (χ0) is 20.1. The van der Waals surface area contributed by atoms with Crippen LogP contribution >= 0.6 is 0 Å².